The largest absolute Gasteiger partial charge is 0.302 e. The zero-order valence-electron chi connectivity index (χ0n) is 10.7. The molecule has 18 heavy (non-hydrogen) atoms. The average molecular weight is 280 g/mol. The lowest BCUT2D eigenvalue weighted by molar-refractivity contribution is 0.370. The van der Waals surface area contributed by atoms with Crippen LogP contribution in [0.15, 0.2) is 0 Å². The molecule has 1 saturated heterocycles. The number of fused-ring (bicyclic) bond motifs is 1. The van der Waals surface area contributed by atoms with Crippen LogP contribution in [0.2, 0.25) is 0 Å². The fourth-order valence-electron chi connectivity index (χ4n) is 3.08. The van der Waals surface area contributed by atoms with Gasteiger partial charge in [-0.25, -0.2) is 4.98 Å². The van der Waals surface area contributed by atoms with Crippen molar-refractivity contribution in [3.05, 3.63) is 15.6 Å². The predicted molar refractivity (Wildman–Crippen MR) is 78.5 cm³/mol. The van der Waals surface area contributed by atoms with Gasteiger partial charge in [-0.05, 0) is 50.7 Å². The number of aryl methyl sites for hydroxylation is 2. The van der Waals surface area contributed by atoms with Gasteiger partial charge in [0.1, 0.15) is 5.01 Å². The molecule has 2 heterocycles. The van der Waals surface area contributed by atoms with E-state index in [1.165, 1.54) is 67.2 Å². The summed E-state index contributed by atoms with van der Waals surface area (Å²) in [6.07, 6.45) is 9.23. The minimum atomic E-state index is 0.230. The van der Waals surface area contributed by atoms with E-state index in [4.69, 9.17) is 4.98 Å². The van der Waals surface area contributed by atoms with E-state index in [9.17, 15) is 0 Å². The summed E-state index contributed by atoms with van der Waals surface area (Å²) < 4.78 is 0. The summed E-state index contributed by atoms with van der Waals surface area (Å²) in [6.45, 7) is 0. The van der Waals surface area contributed by atoms with Gasteiger partial charge in [-0.3, -0.25) is 0 Å². The summed E-state index contributed by atoms with van der Waals surface area (Å²) in [4.78, 5) is 6.62. The molecule has 0 bridgehead atoms. The Morgan fingerprint density at radius 3 is 2.83 bits per heavy atom. The minimum Gasteiger partial charge on any atom is -0.302 e. The summed E-state index contributed by atoms with van der Waals surface area (Å²) in [6, 6.07) is 0.782. The molecular weight excluding hydrogens is 260 g/mol. The van der Waals surface area contributed by atoms with Gasteiger partial charge >= 0.3 is 0 Å². The highest BCUT2D eigenvalue weighted by Gasteiger charge is 2.43. The van der Waals surface area contributed by atoms with Crippen LogP contribution >= 0.6 is 23.1 Å². The van der Waals surface area contributed by atoms with Gasteiger partial charge in [0.05, 0.1) is 11.2 Å². The lowest BCUT2D eigenvalue weighted by Crippen LogP contribution is -2.43. The van der Waals surface area contributed by atoms with E-state index in [-0.39, 0.29) is 5.54 Å². The van der Waals surface area contributed by atoms with Gasteiger partial charge in [0.25, 0.3) is 0 Å². The van der Waals surface area contributed by atoms with Crippen LogP contribution in [-0.2, 0) is 18.4 Å². The maximum absolute atomic E-state index is 5.03. The Hall–Kier alpha value is -0.0600. The summed E-state index contributed by atoms with van der Waals surface area (Å²) in [5.41, 5.74) is 1.66. The Balaban J connectivity index is 1.67. The van der Waals surface area contributed by atoms with Crippen molar-refractivity contribution in [1.82, 2.24) is 10.3 Å². The van der Waals surface area contributed by atoms with E-state index >= 15 is 0 Å². The topological polar surface area (TPSA) is 24.9 Å². The van der Waals surface area contributed by atoms with Gasteiger partial charge in [0.2, 0.25) is 0 Å². The highest BCUT2D eigenvalue weighted by atomic mass is 32.2. The normalized spacial score (nSPS) is 31.6. The van der Waals surface area contributed by atoms with Crippen molar-refractivity contribution in [3.8, 4) is 0 Å². The van der Waals surface area contributed by atoms with E-state index in [1.54, 1.807) is 4.88 Å². The molecule has 1 saturated carbocycles. The molecule has 1 atom stereocenters. The van der Waals surface area contributed by atoms with Crippen molar-refractivity contribution in [3.63, 3.8) is 0 Å². The van der Waals surface area contributed by atoms with Crippen LogP contribution in [-0.4, -0.2) is 22.5 Å². The Bertz CT molecular complexity index is 421. The van der Waals surface area contributed by atoms with Crippen LogP contribution in [0.1, 0.15) is 47.7 Å². The Morgan fingerprint density at radius 2 is 2.11 bits per heavy atom. The van der Waals surface area contributed by atoms with Crippen LogP contribution in [0.3, 0.4) is 0 Å². The smallest absolute Gasteiger partial charge is 0.114 e. The van der Waals surface area contributed by atoms with Crippen LogP contribution in [0.5, 0.6) is 0 Å². The Kier molecular flexibility index (Phi) is 2.93. The second-order valence-corrected chi connectivity index (χ2v) is 8.09. The maximum atomic E-state index is 5.03. The second kappa shape index (κ2) is 4.50. The second-order valence-electron chi connectivity index (χ2n) is 5.90. The van der Waals surface area contributed by atoms with Crippen molar-refractivity contribution in [2.75, 3.05) is 11.5 Å². The minimum absolute atomic E-state index is 0.230. The maximum Gasteiger partial charge on any atom is 0.114 e. The fraction of sp³-hybridized carbons (Fsp3) is 0.786. The van der Waals surface area contributed by atoms with E-state index in [2.05, 4.69) is 17.1 Å². The zero-order valence-corrected chi connectivity index (χ0v) is 12.3. The third kappa shape index (κ3) is 2.02. The molecule has 1 aromatic rings. The van der Waals surface area contributed by atoms with Crippen LogP contribution < -0.4 is 5.32 Å². The Labute approximate surface area is 117 Å². The Morgan fingerprint density at radius 1 is 1.22 bits per heavy atom. The lowest BCUT2D eigenvalue weighted by atomic mass is 9.99. The van der Waals surface area contributed by atoms with E-state index in [0.29, 0.717) is 0 Å². The first-order chi connectivity index (χ1) is 8.86. The van der Waals surface area contributed by atoms with Crippen molar-refractivity contribution in [1.29, 1.82) is 0 Å². The standard InChI is InChI=1S/C14H20N2S2/c1-2-4-12-11(3-1)15-13(18-12)14(7-8-17-9-14)16-10-5-6-10/h10,16H,1-9H2. The van der Waals surface area contributed by atoms with Crippen LogP contribution in [0.25, 0.3) is 0 Å². The SMILES string of the molecule is C1CCc2sc(C3(NC4CC4)CCSC3)nc2C1. The highest BCUT2D eigenvalue weighted by Crippen LogP contribution is 2.42. The number of hydrogen-bond acceptors (Lipinski definition) is 4. The molecular formula is C14H20N2S2. The fourth-order valence-corrected chi connectivity index (χ4v) is 5.86. The number of thioether (sulfide) groups is 1. The molecule has 0 aromatic carbocycles. The molecule has 0 spiro atoms. The summed E-state index contributed by atoms with van der Waals surface area (Å²) >= 11 is 4.11. The molecule has 4 heteroatoms. The summed E-state index contributed by atoms with van der Waals surface area (Å²) in [5.74, 6) is 2.53. The molecule has 1 unspecified atom stereocenters. The molecule has 2 fully saturated rings. The number of hydrogen-bond donors (Lipinski definition) is 1. The lowest BCUT2D eigenvalue weighted by Gasteiger charge is -2.27. The van der Waals surface area contributed by atoms with Crippen LogP contribution in [0.4, 0.5) is 0 Å². The molecule has 3 aliphatic rings. The van der Waals surface area contributed by atoms with Gasteiger partial charge in [-0.2, -0.15) is 11.8 Å². The van der Waals surface area contributed by atoms with Crippen molar-refractivity contribution >= 4 is 23.1 Å². The molecule has 2 aliphatic carbocycles. The molecule has 1 aliphatic heterocycles. The predicted octanol–water partition coefficient (Wildman–Crippen LogP) is 3.11. The first kappa shape index (κ1) is 11.7. The van der Waals surface area contributed by atoms with Gasteiger partial charge in [-0.1, -0.05) is 0 Å². The third-order valence-corrected chi connectivity index (χ3v) is 6.89. The van der Waals surface area contributed by atoms with Crippen molar-refractivity contribution < 1.29 is 0 Å². The molecule has 1 aromatic heterocycles. The summed E-state index contributed by atoms with van der Waals surface area (Å²) in [5, 5.41) is 5.33. The summed E-state index contributed by atoms with van der Waals surface area (Å²) in [7, 11) is 0. The number of rotatable bonds is 3. The quantitative estimate of drug-likeness (QED) is 0.921. The first-order valence-electron chi connectivity index (χ1n) is 7.20. The molecule has 98 valence electrons. The number of nitrogens with one attached hydrogen (secondary N) is 1. The van der Waals surface area contributed by atoms with E-state index in [0.717, 1.165) is 6.04 Å². The number of nitrogens with zero attached hydrogens (tertiary/aromatic N) is 1. The molecule has 4 rings (SSSR count). The molecule has 2 nitrogen and oxygen atoms in total. The molecule has 1 N–H and O–H groups in total. The number of thiazole rings is 1. The van der Waals surface area contributed by atoms with Gasteiger partial charge in [-0.15, -0.1) is 11.3 Å². The molecule has 0 radical (unpaired) electrons. The van der Waals surface area contributed by atoms with Gasteiger partial charge in [0.15, 0.2) is 0 Å². The molecule has 0 amide bonds. The van der Waals surface area contributed by atoms with E-state index < -0.39 is 0 Å². The van der Waals surface area contributed by atoms with Crippen molar-refractivity contribution in [2.45, 2.75) is 56.5 Å². The number of aromatic nitrogens is 1. The monoisotopic (exact) mass is 280 g/mol. The van der Waals surface area contributed by atoms with E-state index in [1.807, 2.05) is 11.3 Å². The van der Waals surface area contributed by atoms with Gasteiger partial charge in [0, 0.05) is 16.7 Å². The third-order valence-electron chi connectivity index (χ3n) is 4.33. The average Bonchev–Trinajstić information content (AvgIpc) is 2.93. The first-order valence-corrected chi connectivity index (χ1v) is 9.17. The van der Waals surface area contributed by atoms with Gasteiger partial charge < -0.3 is 5.32 Å². The van der Waals surface area contributed by atoms with Crippen LogP contribution in [0, 0.1) is 0 Å². The highest BCUT2D eigenvalue weighted by molar-refractivity contribution is 7.99. The van der Waals surface area contributed by atoms with Crippen molar-refractivity contribution in [2.24, 2.45) is 0 Å². The zero-order chi connectivity index (χ0) is 12.0.